The Morgan fingerprint density at radius 1 is 1.48 bits per heavy atom. The molecule has 1 saturated heterocycles. The maximum Gasteiger partial charge on any atom is 0.225 e. The van der Waals surface area contributed by atoms with Crippen molar-refractivity contribution in [3.05, 3.63) is 35.1 Å². The van der Waals surface area contributed by atoms with E-state index >= 15 is 0 Å². The van der Waals surface area contributed by atoms with Gasteiger partial charge in [-0.3, -0.25) is 4.79 Å². The first-order valence-electron chi connectivity index (χ1n) is 7.28. The van der Waals surface area contributed by atoms with Gasteiger partial charge < -0.3 is 10.0 Å². The topological polar surface area (TPSA) is 40.5 Å². The van der Waals surface area contributed by atoms with Gasteiger partial charge in [0.25, 0.3) is 0 Å². The number of nitrogens with zero attached hydrogens (tertiary/aromatic N) is 1. The highest BCUT2D eigenvalue weighted by Crippen LogP contribution is 2.20. The number of hydrogen-bond donors (Lipinski definition) is 1. The van der Waals surface area contributed by atoms with E-state index in [1.807, 2.05) is 6.92 Å². The van der Waals surface area contributed by atoms with Crippen molar-refractivity contribution in [2.45, 2.75) is 32.7 Å². The van der Waals surface area contributed by atoms with Gasteiger partial charge in [0.05, 0.1) is 6.61 Å². The molecule has 1 fully saturated rings. The second-order valence-corrected chi connectivity index (χ2v) is 5.38. The first-order valence-corrected chi connectivity index (χ1v) is 7.28. The Balaban J connectivity index is 2.07. The fraction of sp³-hybridized carbons (Fsp3) is 0.471. The zero-order valence-corrected chi connectivity index (χ0v) is 12.2. The molecule has 2 rings (SSSR count). The van der Waals surface area contributed by atoms with E-state index in [2.05, 4.69) is 11.8 Å². The number of carbonyl (C=O) groups excluding carboxylic acids is 1. The minimum absolute atomic E-state index is 0.00280. The quantitative estimate of drug-likeness (QED) is 0.868. The maximum absolute atomic E-state index is 14.1. The van der Waals surface area contributed by atoms with E-state index in [0.29, 0.717) is 30.6 Å². The molecule has 1 aliphatic rings. The van der Waals surface area contributed by atoms with Crippen molar-refractivity contribution in [3.63, 3.8) is 0 Å². The number of likely N-dealkylation sites (tertiary alicyclic amines) is 1. The van der Waals surface area contributed by atoms with Crippen LogP contribution in [0.4, 0.5) is 4.39 Å². The third kappa shape index (κ3) is 4.05. The summed E-state index contributed by atoms with van der Waals surface area (Å²) in [4.78, 5) is 13.8. The molecule has 1 heterocycles. The molecule has 0 saturated carbocycles. The predicted octanol–water partition coefficient (Wildman–Crippen LogP) is 2.32. The summed E-state index contributed by atoms with van der Waals surface area (Å²) in [7, 11) is 0. The van der Waals surface area contributed by atoms with Crippen molar-refractivity contribution >= 4 is 5.91 Å². The van der Waals surface area contributed by atoms with E-state index in [1.54, 1.807) is 17.0 Å². The second-order valence-electron chi connectivity index (χ2n) is 5.38. The molecule has 1 aromatic rings. The van der Waals surface area contributed by atoms with E-state index in [1.165, 1.54) is 6.07 Å². The molecule has 21 heavy (non-hydrogen) atoms. The number of piperidine rings is 1. The molecular formula is C17H20FNO2. The highest BCUT2D eigenvalue weighted by atomic mass is 19.1. The first kappa shape index (κ1) is 15.5. The minimum Gasteiger partial charge on any atom is -0.395 e. The lowest BCUT2D eigenvalue weighted by molar-refractivity contribution is -0.138. The normalized spacial score (nSPS) is 18.3. The van der Waals surface area contributed by atoms with E-state index in [0.717, 1.165) is 12.8 Å². The molecule has 112 valence electrons. The standard InChI is InChI=1S/C17H20FNO2/c1-13-5-4-9-19(17(13)21)12-15-8-7-14(11-16(15)18)6-2-3-10-20/h7-8,11,13,20H,3-5,9-10,12H2,1H3. The van der Waals surface area contributed by atoms with Crippen LogP contribution in [-0.4, -0.2) is 29.1 Å². The van der Waals surface area contributed by atoms with Gasteiger partial charge in [-0.2, -0.15) is 0 Å². The summed E-state index contributed by atoms with van der Waals surface area (Å²) in [6.45, 7) is 2.94. The van der Waals surface area contributed by atoms with Gasteiger partial charge in [0.2, 0.25) is 5.91 Å². The van der Waals surface area contributed by atoms with Crippen molar-refractivity contribution in [1.82, 2.24) is 4.90 Å². The van der Waals surface area contributed by atoms with Crippen LogP contribution in [0.5, 0.6) is 0 Å². The Hall–Kier alpha value is -1.86. The van der Waals surface area contributed by atoms with E-state index in [-0.39, 0.29) is 24.2 Å². The summed E-state index contributed by atoms with van der Waals surface area (Å²) in [5.41, 5.74) is 1.10. The fourth-order valence-electron chi connectivity index (χ4n) is 2.47. The molecule has 3 nitrogen and oxygen atoms in total. The summed E-state index contributed by atoms with van der Waals surface area (Å²) in [5.74, 6) is 5.36. The number of aliphatic hydroxyl groups excluding tert-OH is 1. The molecule has 0 spiro atoms. The van der Waals surface area contributed by atoms with Crippen LogP contribution in [0.3, 0.4) is 0 Å². The maximum atomic E-state index is 14.1. The van der Waals surface area contributed by atoms with Crippen LogP contribution in [0, 0.1) is 23.6 Å². The summed E-state index contributed by atoms with van der Waals surface area (Å²) in [5, 5.41) is 8.66. The number of halogens is 1. The van der Waals surface area contributed by atoms with Crippen LogP contribution in [0.15, 0.2) is 18.2 Å². The Kier molecular flexibility index (Phi) is 5.35. The average molecular weight is 289 g/mol. The number of benzene rings is 1. The summed E-state index contributed by atoms with van der Waals surface area (Å²) in [6, 6.07) is 4.82. The van der Waals surface area contributed by atoms with Gasteiger partial charge >= 0.3 is 0 Å². The molecule has 1 aliphatic heterocycles. The molecule has 0 radical (unpaired) electrons. The molecule has 4 heteroatoms. The lowest BCUT2D eigenvalue weighted by Crippen LogP contribution is -2.39. The Morgan fingerprint density at radius 3 is 3.00 bits per heavy atom. The fourth-order valence-corrected chi connectivity index (χ4v) is 2.47. The molecule has 1 unspecified atom stereocenters. The molecule has 1 N–H and O–H groups in total. The lowest BCUT2D eigenvalue weighted by atomic mass is 9.98. The number of hydrogen-bond acceptors (Lipinski definition) is 2. The van der Waals surface area contributed by atoms with E-state index in [4.69, 9.17) is 5.11 Å². The van der Waals surface area contributed by atoms with Gasteiger partial charge in [-0.15, -0.1) is 0 Å². The smallest absolute Gasteiger partial charge is 0.225 e. The van der Waals surface area contributed by atoms with Crippen LogP contribution in [-0.2, 0) is 11.3 Å². The largest absolute Gasteiger partial charge is 0.395 e. The van der Waals surface area contributed by atoms with Crippen LogP contribution in [0.2, 0.25) is 0 Å². The third-order valence-corrected chi connectivity index (χ3v) is 3.68. The van der Waals surface area contributed by atoms with Crippen molar-refractivity contribution in [2.75, 3.05) is 13.2 Å². The summed E-state index contributed by atoms with van der Waals surface area (Å²) in [6.07, 6.45) is 2.26. The van der Waals surface area contributed by atoms with Crippen LogP contribution in [0.1, 0.15) is 37.3 Å². The number of amides is 1. The Labute approximate surface area is 124 Å². The first-order chi connectivity index (χ1) is 10.1. The van der Waals surface area contributed by atoms with E-state index in [9.17, 15) is 9.18 Å². The SMILES string of the molecule is CC1CCCN(Cc2ccc(C#CCCO)cc2F)C1=O. The van der Waals surface area contributed by atoms with Gasteiger partial charge in [0, 0.05) is 36.6 Å². The highest BCUT2D eigenvalue weighted by Gasteiger charge is 2.25. The molecule has 1 amide bonds. The molecule has 1 aromatic carbocycles. The van der Waals surface area contributed by atoms with Crippen molar-refractivity contribution in [3.8, 4) is 11.8 Å². The molecular weight excluding hydrogens is 269 g/mol. The van der Waals surface area contributed by atoms with Gasteiger partial charge in [-0.25, -0.2) is 4.39 Å². The molecule has 1 atom stereocenters. The Bertz CT molecular complexity index is 574. The predicted molar refractivity (Wildman–Crippen MR) is 78.8 cm³/mol. The Morgan fingerprint density at radius 2 is 2.29 bits per heavy atom. The van der Waals surface area contributed by atoms with E-state index < -0.39 is 0 Å². The number of aliphatic hydroxyl groups is 1. The third-order valence-electron chi connectivity index (χ3n) is 3.68. The van der Waals surface area contributed by atoms with Crippen LogP contribution >= 0.6 is 0 Å². The van der Waals surface area contributed by atoms with Crippen molar-refractivity contribution in [2.24, 2.45) is 5.92 Å². The van der Waals surface area contributed by atoms with Crippen molar-refractivity contribution in [1.29, 1.82) is 0 Å². The monoisotopic (exact) mass is 289 g/mol. The lowest BCUT2D eigenvalue weighted by Gasteiger charge is -2.30. The number of carbonyl (C=O) groups is 1. The molecule has 0 aliphatic carbocycles. The second kappa shape index (κ2) is 7.24. The number of rotatable bonds is 3. The van der Waals surface area contributed by atoms with Gasteiger partial charge in [0.1, 0.15) is 5.82 Å². The van der Waals surface area contributed by atoms with Gasteiger partial charge in [-0.1, -0.05) is 24.8 Å². The van der Waals surface area contributed by atoms with Gasteiger partial charge in [-0.05, 0) is 25.0 Å². The summed E-state index contributed by atoms with van der Waals surface area (Å²) < 4.78 is 14.1. The molecule has 0 aromatic heterocycles. The molecule has 0 bridgehead atoms. The van der Waals surface area contributed by atoms with Crippen molar-refractivity contribution < 1.29 is 14.3 Å². The minimum atomic E-state index is -0.336. The zero-order chi connectivity index (χ0) is 15.2. The van der Waals surface area contributed by atoms with Crippen LogP contribution < -0.4 is 0 Å². The van der Waals surface area contributed by atoms with Gasteiger partial charge in [0.15, 0.2) is 0 Å². The summed E-state index contributed by atoms with van der Waals surface area (Å²) >= 11 is 0. The average Bonchev–Trinajstić information content (AvgIpc) is 2.47. The zero-order valence-electron chi connectivity index (χ0n) is 12.2. The van der Waals surface area contributed by atoms with Crippen LogP contribution in [0.25, 0.3) is 0 Å². The highest BCUT2D eigenvalue weighted by molar-refractivity contribution is 5.79.